The average Bonchev–Trinajstić information content (AvgIpc) is 2.32. The first-order valence-electron chi connectivity index (χ1n) is 3.41. The van der Waals surface area contributed by atoms with E-state index in [-0.39, 0.29) is 0 Å². The molecule has 1 aromatic rings. The molecule has 0 spiro atoms. The van der Waals surface area contributed by atoms with Gasteiger partial charge in [-0.15, -0.1) is 11.3 Å². The van der Waals surface area contributed by atoms with Crippen LogP contribution in [0.2, 0.25) is 0 Å². The summed E-state index contributed by atoms with van der Waals surface area (Å²) in [6, 6.07) is 3.99. The van der Waals surface area contributed by atoms with Crippen LogP contribution in [0.25, 0.3) is 0 Å². The molecule has 0 aliphatic heterocycles. The minimum Gasteiger partial charge on any atom is -0.492 e. The van der Waals surface area contributed by atoms with Gasteiger partial charge < -0.3 is 4.74 Å². The smallest absolute Gasteiger partial charge is 0.148 e. The van der Waals surface area contributed by atoms with Gasteiger partial charge in [-0.05, 0) is 19.9 Å². The van der Waals surface area contributed by atoms with Crippen molar-refractivity contribution in [1.29, 1.82) is 5.26 Å². The number of aryl methyl sites for hydroxylation is 1. The summed E-state index contributed by atoms with van der Waals surface area (Å²) in [5.41, 5.74) is 0. The zero-order valence-corrected chi connectivity index (χ0v) is 7.36. The molecule has 58 valence electrons. The maximum Gasteiger partial charge on any atom is 0.148 e. The highest BCUT2D eigenvalue weighted by molar-refractivity contribution is 7.12. The highest BCUT2D eigenvalue weighted by Gasteiger charge is 2.05. The SMILES string of the molecule is CCOc1cc(C)sc1C#N. The molecule has 1 rings (SSSR count). The fraction of sp³-hybridized carbons (Fsp3) is 0.375. The molecule has 0 aliphatic rings. The van der Waals surface area contributed by atoms with E-state index in [0.29, 0.717) is 11.5 Å². The Kier molecular flexibility index (Phi) is 2.50. The minimum absolute atomic E-state index is 0.616. The molecule has 11 heavy (non-hydrogen) atoms. The first-order valence-corrected chi connectivity index (χ1v) is 4.23. The van der Waals surface area contributed by atoms with Crippen molar-refractivity contribution in [2.45, 2.75) is 13.8 Å². The molecule has 1 heterocycles. The summed E-state index contributed by atoms with van der Waals surface area (Å²) in [6.07, 6.45) is 0. The second-order valence-corrected chi connectivity index (χ2v) is 3.35. The van der Waals surface area contributed by atoms with Crippen molar-refractivity contribution < 1.29 is 4.74 Å². The maximum absolute atomic E-state index is 8.64. The van der Waals surface area contributed by atoms with Crippen molar-refractivity contribution in [3.63, 3.8) is 0 Å². The molecule has 0 unspecified atom stereocenters. The Morgan fingerprint density at radius 2 is 2.45 bits per heavy atom. The maximum atomic E-state index is 8.64. The zero-order chi connectivity index (χ0) is 8.27. The van der Waals surface area contributed by atoms with Gasteiger partial charge in [0.1, 0.15) is 16.7 Å². The lowest BCUT2D eigenvalue weighted by molar-refractivity contribution is 0.341. The molecule has 2 nitrogen and oxygen atoms in total. The monoisotopic (exact) mass is 167 g/mol. The van der Waals surface area contributed by atoms with Crippen LogP contribution in [0.4, 0.5) is 0 Å². The van der Waals surface area contributed by atoms with Gasteiger partial charge in [-0.1, -0.05) is 0 Å². The third kappa shape index (κ3) is 1.72. The fourth-order valence-corrected chi connectivity index (χ4v) is 1.58. The summed E-state index contributed by atoms with van der Waals surface area (Å²) >= 11 is 1.47. The van der Waals surface area contributed by atoms with Gasteiger partial charge >= 0.3 is 0 Å². The molecule has 0 radical (unpaired) electrons. The Morgan fingerprint density at radius 1 is 1.73 bits per heavy atom. The average molecular weight is 167 g/mol. The Morgan fingerprint density at radius 3 is 3.00 bits per heavy atom. The number of hydrogen-bond acceptors (Lipinski definition) is 3. The van der Waals surface area contributed by atoms with Gasteiger partial charge in [0, 0.05) is 4.88 Å². The molecule has 0 N–H and O–H groups in total. The van der Waals surface area contributed by atoms with Crippen molar-refractivity contribution in [3.8, 4) is 11.8 Å². The molecule has 0 bridgehead atoms. The van der Waals surface area contributed by atoms with E-state index in [4.69, 9.17) is 10.00 Å². The third-order valence-corrected chi connectivity index (χ3v) is 2.16. The van der Waals surface area contributed by atoms with Crippen LogP contribution in [0.3, 0.4) is 0 Å². The van der Waals surface area contributed by atoms with Crippen molar-refractivity contribution in [3.05, 3.63) is 15.8 Å². The lowest BCUT2D eigenvalue weighted by Gasteiger charge is -1.97. The molecule has 0 aliphatic carbocycles. The molecular formula is C8H9NOS. The van der Waals surface area contributed by atoms with Gasteiger partial charge in [-0.25, -0.2) is 0 Å². The second-order valence-electron chi connectivity index (χ2n) is 2.10. The van der Waals surface area contributed by atoms with Crippen LogP contribution in [0, 0.1) is 18.3 Å². The highest BCUT2D eigenvalue weighted by atomic mass is 32.1. The lowest BCUT2D eigenvalue weighted by Crippen LogP contribution is -1.90. The van der Waals surface area contributed by atoms with Crippen molar-refractivity contribution in [1.82, 2.24) is 0 Å². The molecule has 0 saturated heterocycles. The first kappa shape index (κ1) is 8.09. The Bertz CT molecular complexity index is 285. The topological polar surface area (TPSA) is 33.0 Å². The summed E-state index contributed by atoms with van der Waals surface area (Å²) < 4.78 is 5.24. The largest absolute Gasteiger partial charge is 0.492 e. The van der Waals surface area contributed by atoms with Gasteiger partial charge in [0.2, 0.25) is 0 Å². The van der Waals surface area contributed by atoms with Crippen LogP contribution < -0.4 is 4.74 Å². The quantitative estimate of drug-likeness (QED) is 0.677. The van der Waals surface area contributed by atoms with E-state index in [2.05, 4.69) is 6.07 Å². The van der Waals surface area contributed by atoms with Gasteiger partial charge in [0.25, 0.3) is 0 Å². The Labute approximate surface area is 70.0 Å². The molecule has 0 saturated carbocycles. The highest BCUT2D eigenvalue weighted by Crippen LogP contribution is 2.27. The van der Waals surface area contributed by atoms with Gasteiger partial charge in [-0.3, -0.25) is 0 Å². The third-order valence-electron chi connectivity index (χ3n) is 1.22. The molecule has 3 heteroatoms. The normalized spacial score (nSPS) is 9.18. The summed E-state index contributed by atoms with van der Waals surface area (Å²) in [5.74, 6) is 0.720. The molecule has 0 fully saturated rings. The first-order chi connectivity index (χ1) is 5.27. The van der Waals surface area contributed by atoms with Crippen molar-refractivity contribution in [2.24, 2.45) is 0 Å². The summed E-state index contributed by atoms with van der Waals surface area (Å²) in [5, 5.41) is 8.64. The lowest BCUT2D eigenvalue weighted by atomic mass is 10.4. The van der Waals surface area contributed by atoms with Crippen LogP contribution in [0.15, 0.2) is 6.07 Å². The van der Waals surface area contributed by atoms with Crippen LogP contribution in [0.1, 0.15) is 16.7 Å². The van der Waals surface area contributed by atoms with E-state index in [0.717, 1.165) is 10.6 Å². The molecular weight excluding hydrogens is 158 g/mol. The van der Waals surface area contributed by atoms with E-state index >= 15 is 0 Å². The standard InChI is InChI=1S/C8H9NOS/c1-3-10-7-4-6(2)11-8(7)5-9/h4H,3H2,1-2H3. The molecule has 1 aromatic heterocycles. The number of nitriles is 1. The van der Waals surface area contributed by atoms with Crippen LogP contribution in [-0.2, 0) is 0 Å². The molecule has 0 atom stereocenters. The summed E-state index contributed by atoms with van der Waals surface area (Å²) in [4.78, 5) is 1.79. The zero-order valence-electron chi connectivity index (χ0n) is 6.55. The number of rotatable bonds is 2. The fourth-order valence-electron chi connectivity index (χ4n) is 0.832. The predicted molar refractivity (Wildman–Crippen MR) is 44.9 cm³/mol. The van der Waals surface area contributed by atoms with Gasteiger partial charge in [0.15, 0.2) is 0 Å². The van der Waals surface area contributed by atoms with E-state index in [1.165, 1.54) is 11.3 Å². The van der Waals surface area contributed by atoms with Crippen molar-refractivity contribution in [2.75, 3.05) is 6.61 Å². The molecule has 0 amide bonds. The minimum atomic E-state index is 0.616. The van der Waals surface area contributed by atoms with E-state index in [1.54, 1.807) is 0 Å². The Hall–Kier alpha value is -1.01. The Balaban J connectivity index is 2.95. The van der Waals surface area contributed by atoms with E-state index in [9.17, 15) is 0 Å². The van der Waals surface area contributed by atoms with E-state index < -0.39 is 0 Å². The van der Waals surface area contributed by atoms with Crippen LogP contribution in [-0.4, -0.2) is 6.61 Å². The van der Waals surface area contributed by atoms with Gasteiger partial charge in [-0.2, -0.15) is 5.26 Å². The summed E-state index contributed by atoms with van der Waals surface area (Å²) in [6.45, 7) is 4.49. The number of nitrogens with zero attached hydrogens (tertiary/aromatic N) is 1. The van der Waals surface area contributed by atoms with Gasteiger partial charge in [0.05, 0.1) is 6.61 Å². The number of hydrogen-bond donors (Lipinski definition) is 0. The van der Waals surface area contributed by atoms with Crippen molar-refractivity contribution >= 4 is 11.3 Å². The molecule has 0 aromatic carbocycles. The number of ether oxygens (including phenoxy) is 1. The predicted octanol–water partition coefficient (Wildman–Crippen LogP) is 2.33. The second kappa shape index (κ2) is 3.40. The number of thiophene rings is 1. The summed E-state index contributed by atoms with van der Waals surface area (Å²) in [7, 11) is 0. The van der Waals surface area contributed by atoms with Crippen LogP contribution in [0.5, 0.6) is 5.75 Å². The van der Waals surface area contributed by atoms with Crippen LogP contribution >= 0.6 is 11.3 Å². The van der Waals surface area contributed by atoms with E-state index in [1.807, 2.05) is 19.9 Å².